The van der Waals surface area contributed by atoms with Crippen LogP contribution in [0.3, 0.4) is 0 Å². The molecule has 0 radical (unpaired) electrons. The molecule has 0 atom stereocenters. The maximum Gasteiger partial charge on any atom is 0.241 e. The lowest BCUT2D eigenvalue weighted by Gasteiger charge is -2.31. The first-order chi connectivity index (χ1) is 9.16. The maximum absolute atomic E-state index is 12.8. The van der Waals surface area contributed by atoms with Crippen molar-refractivity contribution in [1.29, 1.82) is 0 Å². The van der Waals surface area contributed by atoms with E-state index in [0.717, 1.165) is 18.5 Å². The Balaban J connectivity index is 1.81. The standard InChI is InChI=1S/C15H21FN2O/c1-18(14-5-3-2-4-6-14)15(19)11-17-13-9-7-12(16)8-10-13/h7-10,14,17H,2-6,11H2,1H3. The molecule has 0 aromatic heterocycles. The van der Waals surface area contributed by atoms with E-state index in [1.165, 1.54) is 31.4 Å². The number of hydrogen-bond donors (Lipinski definition) is 1. The van der Waals surface area contributed by atoms with Crippen molar-refractivity contribution in [2.45, 2.75) is 38.1 Å². The number of rotatable bonds is 4. The molecule has 1 aliphatic carbocycles. The molecule has 1 aromatic carbocycles. The fraction of sp³-hybridized carbons (Fsp3) is 0.533. The van der Waals surface area contributed by atoms with Gasteiger partial charge in [-0.25, -0.2) is 4.39 Å². The Morgan fingerprint density at radius 3 is 2.53 bits per heavy atom. The monoisotopic (exact) mass is 264 g/mol. The van der Waals surface area contributed by atoms with Gasteiger partial charge in [0.2, 0.25) is 5.91 Å². The minimum atomic E-state index is -0.267. The second-order valence-corrected chi connectivity index (χ2v) is 5.16. The molecule has 1 saturated carbocycles. The normalized spacial score (nSPS) is 16.1. The molecule has 0 bridgehead atoms. The van der Waals surface area contributed by atoms with Crippen LogP contribution in [0.25, 0.3) is 0 Å². The first kappa shape index (κ1) is 13.8. The number of amides is 1. The van der Waals surface area contributed by atoms with Crippen LogP contribution in [0.15, 0.2) is 24.3 Å². The maximum atomic E-state index is 12.8. The molecule has 2 rings (SSSR count). The number of nitrogens with zero attached hydrogens (tertiary/aromatic N) is 1. The third-order valence-corrected chi connectivity index (χ3v) is 3.80. The molecule has 0 aliphatic heterocycles. The minimum Gasteiger partial charge on any atom is -0.376 e. The molecule has 19 heavy (non-hydrogen) atoms. The van der Waals surface area contributed by atoms with E-state index in [1.54, 1.807) is 12.1 Å². The van der Waals surface area contributed by atoms with Gasteiger partial charge in [0.25, 0.3) is 0 Å². The number of likely N-dealkylation sites (N-methyl/N-ethyl adjacent to an activating group) is 1. The highest BCUT2D eigenvalue weighted by Crippen LogP contribution is 2.21. The van der Waals surface area contributed by atoms with Gasteiger partial charge in [0, 0.05) is 18.8 Å². The van der Waals surface area contributed by atoms with E-state index in [9.17, 15) is 9.18 Å². The van der Waals surface area contributed by atoms with Crippen LogP contribution in [0.2, 0.25) is 0 Å². The zero-order chi connectivity index (χ0) is 13.7. The van der Waals surface area contributed by atoms with Crippen molar-refractivity contribution in [1.82, 2.24) is 4.90 Å². The molecule has 0 unspecified atom stereocenters. The molecule has 1 N–H and O–H groups in total. The van der Waals surface area contributed by atoms with Crippen LogP contribution in [0.5, 0.6) is 0 Å². The smallest absolute Gasteiger partial charge is 0.241 e. The van der Waals surface area contributed by atoms with Crippen molar-refractivity contribution in [2.24, 2.45) is 0 Å². The molecule has 0 saturated heterocycles. The summed E-state index contributed by atoms with van der Waals surface area (Å²) in [4.78, 5) is 13.9. The quantitative estimate of drug-likeness (QED) is 0.906. The molecular formula is C15H21FN2O. The highest BCUT2D eigenvalue weighted by atomic mass is 19.1. The average Bonchev–Trinajstić information content (AvgIpc) is 2.46. The van der Waals surface area contributed by atoms with Crippen LogP contribution < -0.4 is 5.32 Å². The Kier molecular flexibility index (Phi) is 4.77. The molecule has 1 aromatic rings. The fourth-order valence-electron chi connectivity index (χ4n) is 2.54. The van der Waals surface area contributed by atoms with Crippen molar-refractivity contribution in [3.8, 4) is 0 Å². The van der Waals surface area contributed by atoms with Crippen LogP contribution in [-0.2, 0) is 4.79 Å². The average molecular weight is 264 g/mol. The first-order valence-electron chi connectivity index (χ1n) is 6.92. The van der Waals surface area contributed by atoms with Crippen molar-refractivity contribution in [2.75, 3.05) is 18.9 Å². The van der Waals surface area contributed by atoms with Gasteiger partial charge in [0.1, 0.15) is 5.82 Å². The van der Waals surface area contributed by atoms with Gasteiger partial charge >= 0.3 is 0 Å². The second kappa shape index (κ2) is 6.55. The SMILES string of the molecule is CN(C(=O)CNc1ccc(F)cc1)C1CCCCC1. The number of nitrogens with one attached hydrogen (secondary N) is 1. The lowest BCUT2D eigenvalue weighted by molar-refractivity contribution is -0.130. The van der Waals surface area contributed by atoms with Crippen LogP contribution in [0.4, 0.5) is 10.1 Å². The third-order valence-electron chi connectivity index (χ3n) is 3.80. The summed E-state index contributed by atoms with van der Waals surface area (Å²) in [6.07, 6.45) is 5.94. The molecule has 3 nitrogen and oxygen atoms in total. The summed E-state index contributed by atoms with van der Waals surface area (Å²) in [6, 6.07) is 6.44. The van der Waals surface area contributed by atoms with Crippen molar-refractivity contribution in [3.63, 3.8) is 0 Å². The summed E-state index contributed by atoms with van der Waals surface area (Å²) >= 11 is 0. The first-order valence-corrected chi connectivity index (χ1v) is 6.92. The van der Waals surface area contributed by atoms with Gasteiger partial charge in [-0.15, -0.1) is 0 Å². The molecule has 0 spiro atoms. The summed E-state index contributed by atoms with van der Waals surface area (Å²) in [5, 5.41) is 3.03. The number of carbonyl (C=O) groups excluding carboxylic acids is 1. The molecule has 4 heteroatoms. The van der Waals surface area contributed by atoms with Crippen LogP contribution >= 0.6 is 0 Å². The van der Waals surface area contributed by atoms with Gasteiger partial charge in [0.15, 0.2) is 0 Å². The van der Waals surface area contributed by atoms with E-state index >= 15 is 0 Å². The summed E-state index contributed by atoms with van der Waals surface area (Å²) < 4.78 is 12.8. The molecular weight excluding hydrogens is 243 g/mol. The molecule has 1 fully saturated rings. The van der Waals surface area contributed by atoms with Gasteiger partial charge in [0.05, 0.1) is 6.54 Å². The largest absolute Gasteiger partial charge is 0.376 e. The topological polar surface area (TPSA) is 32.3 Å². The number of hydrogen-bond acceptors (Lipinski definition) is 2. The molecule has 104 valence electrons. The van der Waals surface area contributed by atoms with E-state index in [4.69, 9.17) is 0 Å². The van der Waals surface area contributed by atoms with Gasteiger partial charge < -0.3 is 10.2 Å². The van der Waals surface area contributed by atoms with Crippen LogP contribution in [0.1, 0.15) is 32.1 Å². The number of halogens is 1. The summed E-state index contributed by atoms with van der Waals surface area (Å²) in [5.41, 5.74) is 0.770. The number of carbonyl (C=O) groups is 1. The van der Waals surface area contributed by atoms with Gasteiger partial charge in [-0.3, -0.25) is 4.79 Å². The van der Waals surface area contributed by atoms with Crippen molar-refractivity contribution < 1.29 is 9.18 Å². The Bertz CT molecular complexity index is 413. The van der Waals surface area contributed by atoms with E-state index in [1.807, 2.05) is 11.9 Å². The Morgan fingerprint density at radius 1 is 1.26 bits per heavy atom. The van der Waals surface area contributed by atoms with Crippen molar-refractivity contribution in [3.05, 3.63) is 30.1 Å². The zero-order valence-electron chi connectivity index (χ0n) is 11.4. The van der Waals surface area contributed by atoms with Crippen LogP contribution in [0, 0.1) is 5.82 Å². The van der Waals surface area contributed by atoms with Crippen molar-refractivity contribution >= 4 is 11.6 Å². The van der Waals surface area contributed by atoms with E-state index in [0.29, 0.717) is 6.04 Å². The van der Waals surface area contributed by atoms with Crippen LogP contribution in [-0.4, -0.2) is 30.4 Å². The molecule has 1 amide bonds. The van der Waals surface area contributed by atoms with E-state index in [-0.39, 0.29) is 18.3 Å². The molecule has 1 aliphatic rings. The summed E-state index contributed by atoms with van der Waals surface area (Å²) in [6.45, 7) is 0.263. The Labute approximate surface area is 113 Å². The Morgan fingerprint density at radius 2 is 1.89 bits per heavy atom. The minimum absolute atomic E-state index is 0.0937. The van der Waals surface area contributed by atoms with Gasteiger partial charge in [-0.05, 0) is 37.1 Å². The predicted molar refractivity (Wildman–Crippen MR) is 74.5 cm³/mol. The Hall–Kier alpha value is -1.58. The number of benzene rings is 1. The molecule has 0 heterocycles. The predicted octanol–water partition coefficient (Wildman–Crippen LogP) is 3.03. The highest BCUT2D eigenvalue weighted by molar-refractivity contribution is 5.80. The fourth-order valence-corrected chi connectivity index (χ4v) is 2.54. The summed E-state index contributed by atoms with van der Waals surface area (Å²) in [5.74, 6) is -0.174. The lowest BCUT2D eigenvalue weighted by Crippen LogP contribution is -2.41. The zero-order valence-corrected chi connectivity index (χ0v) is 11.4. The summed E-state index contributed by atoms with van der Waals surface area (Å²) in [7, 11) is 1.88. The second-order valence-electron chi connectivity index (χ2n) is 5.16. The van der Waals surface area contributed by atoms with Gasteiger partial charge in [-0.1, -0.05) is 19.3 Å². The third kappa shape index (κ3) is 3.94. The lowest BCUT2D eigenvalue weighted by atomic mass is 9.94. The van der Waals surface area contributed by atoms with E-state index in [2.05, 4.69) is 5.32 Å². The van der Waals surface area contributed by atoms with Gasteiger partial charge in [-0.2, -0.15) is 0 Å². The number of anilines is 1. The van der Waals surface area contributed by atoms with E-state index < -0.39 is 0 Å². The highest BCUT2D eigenvalue weighted by Gasteiger charge is 2.21.